The third kappa shape index (κ3) is 10.9. The van der Waals surface area contributed by atoms with E-state index in [1.165, 1.54) is 24.8 Å². The summed E-state index contributed by atoms with van der Waals surface area (Å²) in [5.41, 5.74) is 1.42. The zero-order valence-corrected chi connectivity index (χ0v) is 10.2. The predicted octanol–water partition coefficient (Wildman–Crippen LogP) is 5.20. The van der Waals surface area contributed by atoms with Crippen LogP contribution in [0.25, 0.3) is 0 Å². The highest BCUT2D eigenvalue weighted by Gasteiger charge is 1.81. The summed E-state index contributed by atoms with van der Waals surface area (Å²) in [5.74, 6) is 0. The maximum absolute atomic E-state index is 3.71. The van der Waals surface area contributed by atoms with Gasteiger partial charge >= 0.3 is 0 Å². The van der Waals surface area contributed by atoms with Crippen LogP contribution >= 0.6 is 0 Å². The van der Waals surface area contributed by atoms with Crippen molar-refractivity contribution < 1.29 is 0 Å². The van der Waals surface area contributed by atoms with Gasteiger partial charge in [-0.3, -0.25) is 0 Å². The molecule has 0 spiro atoms. The zero-order valence-electron chi connectivity index (χ0n) is 10.2. The quantitative estimate of drug-likeness (QED) is 0.289. The SMILES string of the molecule is C=CCCCC/C=C/C=C\C=C(/C)CC. The summed E-state index contributed by atoms with van der Waals surface area (Å²) in [7, 11) is 0. The molecule has 15 heavy (non-hydrogen) atoms. The van der Waals surface area contributed by atoms with E-state index in [2.05, 4.69) is 50.8 Å². The standard InChI is InChI=1S/C15H24/c1-4-6-7-8-9-10-11-12-13-14-15(3)5-2/h4,10-14H,1,5-9H2,2-3H3/b11-10+,13-12-,15-14+. The molecule has 0 amide bonds. The summed E-state index contributed by atoms with van der Waals surface area (Å²) in [6.45, 7) is 8.04. The Kier molecular flexibility index (Phi) is 10.3. The lowest BCUT2D eigenvalue weighted by Crippen LogP contribution is -1.71. The molecule has 0 fully saturated rings. The zero-order chi connectivity index (χ0) is 11.4. The first kappa shape index (κ1) is 14.0. The van der Waals surface area contributed by atoms with Crippen LogP contribution in [0.1, 0.15) is 46.0 Å². The van der Waals surface area contributed by atoms with Crippen LogP contribution in [0.3, 0.4) is 0 Å². The van der Waals surface area contributed by atoms with Gasteiger partial charge in [0.05, 0.1) is 0 Å². The molecular formula is C15H24. The van der Waals surface area contributed by atoms with Gasteiger partial charge in [0.1, 0.15) is 0 Å². The normalized spacial score (nSPS) is 12.8. The summed E-state index contributed by atoms with van der Waals surface area (Å²) < 4.78 is 0. The molecule has 0 unspecified atom stereocenters. The maximum Gasteiger partial charge on any atom is -0.0347 e. The van der Waals surface area contributed by atoms with Crippen molar-refractivity contribution in [2.45, 2.75) is 46.0 Å². The maximum atomic E-state index is 3.71. The molecule has 0 aromatic carbocycles. The van der Waals surface area contributed by atoms with Crippen molar-refractivity contribution in [3.63, 3.8) is 0 Å². The van der Waals surface area contributed by atoms with Crippen LogP contribution in [0.4, 0.5) is 0 Å². The van der Waals surface area contributed by atoms with Crippen LogP contribution in [0.15, 0.2) is 48.6 Å². The van der Waals surface area contributed by atoms with Crippen molar-refractivity contribution >= 4 is 0 Å². The molecule has 0 radical (unpaired) electrons. The number of allylic oxidation sites excluding steroid dienone is 7. The van der Waals surface area contributed by atoms with Crippen molar-refractivity contribution in [3.05, 3.63) is 48.6 Å². The average Bonchev–Trinajstić information content (AvgIpc) is 2.26. The van der Waals surface area contributed by atoms with Crippen molar-refractivity contribution in [2.24, 2.45) is 0 Å². The van der Waals surface area contributed by atoms with Gasteiger partial charge in [-0.1, -0.05) is 49.0 Å². The van der Waals surface area contributed by atoms with Gasteiger partial charge < -0.3 is 0 Å². The highest BCUT2D eigenvalue weighted by molar-refractivity contribution is 5.15. The molecule has 0 atom stereocenters. The van der Waals surface area contributed by atoms with E-state index in [4.69, 9.17) is 0 Å². The number of rotatable bonds is 8. The van der Waals surface area contributed by atoms with Gasteiger partial charge in [-0.15, -0.1) is 6.58 Å². The molecule has 0 aliphatic rings. The molecule has 0 aromatic rings. The monoisotopic (exact) mass is 204 g/mol. The predicted molar refractivity (Wildman–Crippen MR) is 71.0 cm³/mol. The van der Waals surface area contributed by atoms with E-state index in [-0.39, 0.29) is 0 Å². The summed E-state index contributed by atoms with van der Waals surface area (Å²) in [6.07, 6.45) is 18.7. The van der Waals surface area contributed by atoms with Crippen molar-refractivity contribution in [1.29, 1.82) is 0 Å². The summed E-state index contributed by atoms with van der Waals surface area (Å²) in [6, 6.07) is 0. The first-order valence-electron chi connectivity index (χ1n) is 5.91. The van der Waals surface area contributed by atoms with E-state index in [1.54, 1.807) is 0 Å². The van der Waals surface area contributed by atoms with E-state index < -0.39 is 0 Å². The molecule has 0 bridgehead atoms. The molecule has 0 aromatic heterocycles. The smallest absolute Gasteiger partial charge is 0.0347 e. The van der Waals surface area contributed by atoms with Crippen LogP contribution in [-0.4, -0.2) is 0 Å². The first-order valence-corrected chi connectivity index (χ1v) is 5.91. The van der Waals surface area contributed by atoms with Gasteiger partial charge in [0.25, 0.3) is 0 Å². The Morgan fingerprint density at radius 1 is 1.07 bits per heavy atom. The van der Waals surface area contributed by atoms with Gasteiger partial charge in [-0.25, -0.2) is 0 Å². The van der Waals surface area contributed by atoms with E-state index in [0.717, 1.165) is 12.8 Å². The van der Waals surface area contributed by atoms with Gasteiger partial charge in [0.15, 0.2) is 0 Å². The summed E-state index contributed by atoms with van der Waals surface area (Å²) >= 11 is 0. The highest BCUT2D eigenvalue weighted by Crippen LogP contribution is 2.01. The fourth-order valence-corrected chi connectivity index (χ4v) is 1.13. The second-order valence-electron chi connectivity index (χ2n) is 3.75. The lowest BCUT2D eigenvalue weighted by molar-refractivity contribution is 0.763. The van der Waals surface area contributed by atoms with Crippen LogP contribution in [0, 0.1) is 0 Å². The molecule has 0 nitrogen and oxygen atoms in total. The second-order valence-corrected chi connectivity index (χ2v) is 3.75. The van der Waals surface area contributed by atoms with Crippen molar-refractivity contribution in [2.75, 3.05) is 0 Å². The Morgan fingerprint density at radius 2 is 1.80 bits per heavy atom. The summed E-state index contributed by atoms with van der Waals surface area (Å²) in [4.78, 5) is 0. The lowest BCUT2D eigenvalue weighted by Gasteiger charge is -1.91. The molecule has 0 N–H and O–H groups in total. The number of unbranched alkanes of at least 4 members (excludes halogenated alkanes) is 3. The molecule has 0 aliphatic carbocycles. The lowest BCUT2D eigenvalue weighted by atomic mass is 10.2. The van der Waals surface area contributed by atoms with Crippen LogP contribution in [-0.2, 0) is 0 Å². The first-order chi connectivity index (χ1) is 7.31. The Balaban J connectivity index is 3.49. The average molecular weight is 204 g/mol. The Labute approximate surface area is 95.1 Å². The van der Waals surface area contributed by atoms with Gasteiger partial charge in [-0.2, -0.15) is 0 Å². The van der Waals surface area contributed by atoms with Gasteiger partial charge in [0.2, 0.25) is 0 Å². The molecule has 0 aliphatic heterocycles. The Bertz CT molecular complexity index is 228. The molecular weight excluding hydrogens is 180 g/mol. The van der Waals surface area contributed by atoms with Crippen LogP contribution in [0.5, 0.6) is 0 Å². The molecule has 0 saturated carbocycles. The number of hydrogen-bond acceptors (Lipinski definition) is 0. The minimum atomic E-state index is 1.13. The Morgan fingerprint density at radius 3 is 2.47 bits per heavy atom. The fourth-order valence-electron chi connectivity index (χ4n) is 1.13. The van der Waals surface area contributed by atoms with E-state index >= 15 is 0 Å². The minimum absolute atomic E-state index is 1.13. The van der Waals surface area contributed by atoms with Crippen molar-refractivity contribution in [3.8, 4) is 0 Å². The largest absolute Gasteiger partial charge is 0.103 e. The summed E-state index contributed by atoms with van der Waals surface area (Å²) in [5, 5.41) is 0. The van der Waals surface area contributed by atoms with Crippen LogP contribution < -0.4 is 0 Å². The number of hydrogen-bond donors (Lipinski definition) is 0. The van der Waals surface area contributed by atoms with Crippen LogP contribution in [0.2, 0.25) is 0 Å². The van der Waals surface area contributed by atoms with E-state index in [1.807, 2.05) is 6.08 Å². The van der Waals surface area contributed by atoms with E-state index in [9.17, 15) is 0 Å². The minimum Gasteiger partial charge on any atom is -0.103 e. The molecule has 0 heterocycles. The topological polar surface area (TPSA) is 0 Å². The van der Waals surface area contributed by atoms with E-state index in [0.29, 0.717) is 0 Å². The van der Waals surface area contributed by atoms with Crippen molar-refractivity contribution in [1.82, 2.24) is 0 Å². The molecule has 0 heteroatoms. The second kappa shape index (κ2) is 11.0. The third-order valence-electron chi connectivity index (χ3n) is 2.33. The molecule has 0 saturated heterocycles. The fraction of sp³-hybridized carbons (Fsp3) is 0.467. The highest BCUT2D eigenvalue weighted by atomic mass is 13.9. The Hall–Kier alpha value is -1.04. The van der Waals surface area contributed by atoms with Gasteiger partial charge in [0, 0.05) is 0 Å². The molecule has 84 valence electrons. The third-order valence-corrected chi connectivity index (χ3v) is 2.33. The molecule has 0 rings (SSSR count). The van der Waals surface area contributed by atoms with Gasteiger partial charge in [-0.05, 0) is 39.0 Å².